The molecule has 7 nitrogen and oxygen atoms in total. The van der Waals surface area contributed by atoms with Gasteiger partial charge in [0.2, 0.25) is 15.9 Å². The smallest absolute Gasteiger partial charge is 0.243 e. The van der Waals surface area contributed by atoms with Gasteiger partial charge >= 0.3 is 0 Å². The van der Waals surface area contributed by atoms with Gasteiger partial charge in [0.05, 0.1) is 28.3 Å². The predicted octanol–water partition coefficient (Wildman–Crippen LogP) is 3.47. The molecule has 0 saturated carbocycles. The first kappa shape index (κ1) is 21.2. The molecule has 1 fully saturated rings. The van der Waals surface area contributed by atoms with Crippen molar-refractivity contribution in [2.75, 3.05) is 31.6 Å². The summed E-state index contributed by atoms with van der Waals surface area (Å²) in [6.45, 7) is 5.69. The quantitative estimate of drug-likeness (QED) is 0.700. The molecule has 28 heavy (non-hydrogen) atoms. The summed E-state index contributed by atoms with van der Waals surface area (Å²) >= 11 is 1.31. The van der Waals surface area contributed by atoms with Crippen molar-refractivity contribution in [3.05, 3.63) is 18.2 Å². The molecule has 1 N–H and O–H groups in total. The molecule has 0 bridgehead atoms. The summed E-state index contributed by atoms with van der Waals surface area (Å²) in [6.07, 6.45) is 3.63. The van der Waals surface area contributed by atoms with Gasteiger partial charge in [0.25, 0.3) is 0 Å². The Hall–Kier alpha value is -1.55. The van der Waals surface area contributed by atoms with Crippen LogP contribution in [-0.4, -0.2) is 49.9 Å². The van der Waals surface area contributed by atoms with Crippen LogP contribution in [0.2, 0.25) is 0 Å². The normalized spacial score (nSPS) is 16.0. The van der Waals surface area contributed by atoms with Crippen LogP contribution in [0.4, 0.5) is 5.13 Å². The van der Waals surface area contributed by atoms with Crippen LogP contribution in [0.3, 0.4) is 0 Å². The lowest BCUT2D eigenvalue weighted by molar-refractivity contribution is -0.120. The first-order valence-electron chi connectivity index (χ1n) is 9.75. The van der Waals surface area contributed by atoms with E-state index in [0.717, 1.165) is 30.4 Å². The van der Waals surface area contributed by atoms with Gasteiger partial charge in [-0.25, -0.2) is 13.4 Å². The number of amides is 1. The van der Waals surface area contributed by atoms with E-state index in [1.165, 1.54) is 15.6 Å². The SMILES string of the molecule is CCCC(CCC)C(=O)Nc1nc2ccc(S(=O)(=O)N3CCOCC3)cc2s1. The minimum atomic E-state index is -3.55. The molecule has 1 amide bonds. The number of ether oxygens (including phenoxy) is 1. The molecule has 1 aliphatic rings. The van der Waals surface area contributed by atoms with Crippen LogP contribution in [-0.2, 0) is 19.6 Å². The summed E-state index contributed by atoms with van der Waals surface area (Å²) in [7, 11) is -3.55. The Labute approximate surface area is 170 Å². The highest BCUT2D eigenvalue weighted by molar-refractivity contribution is 7.89. The van der Waals surface area contributed by atoms with Gasteiger partial charge in [-0.3, -0.25) is 4.79 Å². The van der Waals surface area contributed by atoms with E-state index >= 15 is 0 Å². The third kappa shape index (κ3) is 4.71. The van der Waals surface area contributed by atoms with Crippen LogP contribution in [0.5, 0.6) is 0 Å². The molecule has 2 heterocycles. The van der Waals surface area contributed by atoms with Gasteiger partial charge < -0.3 is 10.1 Å². The number of aromatic nitrogens is 1. The van der Waals surface area contributed by atoms with Gasteiger partial charge in [0, 0.05) is 19.0 Å². The van der Waals surface area contributed by atoms with Crippen LogP contribution in [0, 0.1) is 5.92 Å². The molecule has 1 aromatic carbocycles. The highest BCUT2D eigenvalue weighted by Gasteiger charge is 2.27. The highest BCUT2D eigenvalue weighted by Crippen LogP contribution is 2.30. The maximum Gasteiger partial charge on any atom is 0.243 e. The van der Waals surface area contributed by atoms with Gasteiger partial charge in [-0.15, -0.1) is 0 Å². The minimum Gasteiger partial charge on any atom is -0.379 e. The van der Waals surface area contributed by atoms with E-state index in [9.17, 15) is 13.2 Å². The number of sulfonamides is 1. The number of thiazole rings is 1. The summed E-state index contributed by atoms with van der Waals surface area (Å²) in [5.41, 5.74) is 0.684. The van der Waals surface area contributed by atoms with E-state index < -0.39 is 10.0 Å². The third-order valence-electron chi connectivity index (χ3n) is 4.84. The number of nitrogens with one attached hydrogen (secondary N) is 1. The fourth-order valence-electron chi connectivity index (χ4n) is 3.37. The lowest BCUT2D eigenvalue weighted by Crippen LogP contribution is -2.40. The van der Waals surface area contributed by atoms with Crippen molar-refractivity contribution in [3.63, 3.8) is 0 Å². The molecule has 1 saturated heterocycles. The Bertz CT molecular complexity index is 914. The lowest BCUT2D eigenvalue weighted by Gasteiger charge is -2.25. The van der Waals surface area contributed by atoms with Gasteiger partial charge in [0.15, 0.2) is 5.13 Å². The molecule has 1 aliphatic heterocycles. The monoisotopic (exact) mass is 425 g/mol. The summed E-state index contributed by atoms with van der Waals surface area (Å²) < 4.78 is 33.1. The first-order chi connectivity index (χ1) is 13.5. The van der Waals surface area contributed by atoms with Gasteiger partial charge in [-0.2, -0.15) is 4.31 Å². The Morgan fingerprint density at radius 3 is 2.57 bits per heavy atom. The molecule has 1 aromatic heterocycles. The standard InChI is InChI=1S/C19H27N3O4S2/c1-3-5-14(6-4-2)18(23)21-19-20-16-8-7-15(13-17(16)27-19)28(24,25)22-9-11-26-12-10-22/h7-8,13-14H,3-6,9-12H2,1-2H3,(H,20,21,23). The second kappa shape index (κ2) is 9.30. The molecule has 2 aromatic rings. The van der Waals surface area contributed by atoms with Gasteiger partial charge in [-0.1, -0.05) is 38.0 Å². The molecular formula is C19H27N3O4S2. The second-order valence-electron chi connectivity index (χ2n) is 6.93. The number of fused-ring (bicyclic) bond motifs is 1. The summed E-state index contributed by atoms with van der Waals surface area (Å²) in [5, 5.41) is 3.43. The predicted molar refractivity (Wildman–Crippen MR) is 111 cm³/mol. The molecule has 0 spiro atoms. The van der Waals surface area contributed by atoms with E-state index in [2.05, 4.69) is 24.1 Å². The van der Waals surface area contributed by atoms with Crippen molar-refractivity contribution in [3.8, 4) is 0 Å². The minimum absolute atomic E-state index is 0.0103. The number of morpholine rings is 1. The van der Waals surface area contributed by atoms with Gasteiger partial charge in [0.1, 0.15) is 0 Å². The second-order valence-corrected chi connectivity index (χ2v) is 9.90. The van der Waals surface area contributed by atoms with Crippen LogP contribution >= 0.6 is 11.3 Å². The van der Waals surface area contributed by atoms with Crippen molar-refractivity contribution < 1.29 is 17.9 Å². The van der Waals surface area contributed by atoms with Crippen LogP contribution < -0.4 is 5.32 Å². The van der Waals surface area contributed by atoms with E-state index in [1.54, 1.807) is 18.2 Å². The largest absolute Gasteiger partial charge is 0.379 e. The maximum absolute atomic E-state index is 12.8. The molecular weight excluding hydrogens is 398 g/mol. The molecule has 154 valence electrons. The average molecular weight is 426 g/mol. The van der Waals surface area contributed by atoms with Crippen molar-refractivity contribution in [2.45, 2.75) is 44.4 Å². The average Bonchev–Trinajstić information content (AvgIpc) is 3.09. The number of carbonyl (C=O) groups is 1. The molecule has 0 aliphatic carbocycles. The van der Waals surface area contributed by atoms with E-state index in [0.29, 0.717) is 37.0 Å². The fourth-order valence-corrected chi connectivity index (χ4v) is 5.78. The molecule has 9 heteroatoms. The highest BCUT2D eigenvalue weighted by atomic mass is 32.2. The fraction of sp³-hybridized carbons (Fsp3) is 0.579. The molecule has 0 atom stereocenters. The number of hydrogen-bond donors (Lipinski definition) is 1. The number of carbonyl (C=O) groups excluding carboxylic acids is 1. The summed E-state index contributed by atoms with van der Waals surface area (Å²) in [4.78, 5) is 17.2. The maximum atomic E-state index is 12.8. The Morgan fingerprint density at radius 1 is 1.25 bits per heavy atom. The van der Waals surface area contributed by atoms with E-state index in [1.807, 2.05) is 0 Å². The van der Waals surface area contributed by atoms with Crippen molar-refractivity contribution in [2.24, 2.45) is 5.92 Å². The van der Waals surface area contributed by atoms with Crippen LogP contribution in [0.1, 0.15) is 39.5 Å². The van der Waals surface area contributed by atoms with Crippen LogP contribution in [0.25, 0.3) is 10.2 Å². The topological polar surface area (TPSA) is 88.6 Å². The first-order valence-corrected chi connectivity index (χ1v) is 12.0. The Kier molecular flexibility index (Phi) is 7.03. The Morgan fingerprint density at radius 2 is 1.93 bits per heavy atom. The number of benzene rings is 1. The Balaban J connectivity index is 1.80. The van der Waals surface area contributed by atoms with E-state index in [4.69, 9.17) is 4.74 Å². The number of nitrogens with zero attached hydrogens (tertiary/aromatic N) is 2. The third-order valence-corrected chi connectivity index (χ3v) is 7.67. The summed E-state index contributed by atoms with van der Waals surface area (Å²) in [6, 6.07) is 4.92. The number of anilines is 1. The zero-order valence-corrected chi connectivity index (χ0v) is 17.9. The molecule has 0 unspecified atom stereocenters. The molecule has 0 radical (unpaired) electrons. The van der Waals surface area contributed by atoms with E-state index in [-0.39, 0.29) is 16.7 Å². The van der Waals surface area contributed by atoms with Crippen LogP contribution in [0.15, 0.2) is 23.1 Å². The zero-order chi connectivity index (χ0) is 20.1. The summed E-state index contributed by atoms with van der Waals surface area (Å²) in [5.74, 6) is -0.0248. The van der Waals surface area contributed by atoms with Gasteiger partial charge in [-0.05, 0) is 31.0 Å². The lowest BCUT2D eigenvalue weighted by atomic mass is 9.97. The zero-order valence-electron chi connectivity index (χ0n) is 16.3. The molecule has 3 rings (SSSR count). The number of rotatable bonds is 8. The number of hydrogen-bond acceptors (Lipinski definition) is 6. The van der Waals surface area contributed by atoms with Crippen molar-refractivity contribution in [1.29, 1.82) is 0 Å². The van der Waals surface area contributed by atoms with Crippen molar-refractivity contribution >= 4 is 42.6 Å². The van der Waals surface area contributed by atoms with Crippen molar-refractivity contribution in [1.82, 2.24) is 9.29 Å².